The maximum Gasteiger partial charge on any atom is 0.121 e. The normalized spacial score (nSPS) is 23.0. The van der Waals surface area contributed by atoms with Gasteiger partial charge in [-0.1, -0.05) is 30.3 Å². The molecule has 0 fully saturated rings. The van der Waals surface area contributed by atoms with Gasteiger partial charge in [0.2, 0.25) is 0 Å². The quantitative estimate of drug-likeness (QED) is 0.806. The van der Waals surface area contributed by atoms with E-state index in [9.17, 15) is 5.26 Å². The highest BCUT2D eigenvalue weighted by molar-refractivity contribution is 9.11. The predicted molar refractivity (Wildman–Crippen MR) is 71.6 cm³/mol. The van der Waals surface area contributed by atoms with Crippen molar-refractivity contribution in [2.75, 3.05) is 0 Å². The number of nitrogens with two attached hydrogens (primary N) is 1. The van der Waals surface area contributed by atoms with Crippen LogP contribution in [0, 0.1) is 28.6 Å². The molecule has 88 valence electrons. The van der Waals surface area contributed by atoms with Gasteiger partial charge in [-0.15, -0.1) is 0 Å². The molecular formula is C13H9BrN4. The van der Waals surface area contributed by atoms with E-state index in [0.717, 1.165) is 5.56 Å². The number of benzene rings is 1. The Morgan fingerprint density at radius 1 is 1.22 bits per heavy atom. The van der Waals surface area contributed by atoms with Gasteiger partial charge in [-0.3, -0.25) is 0 Å². The summed E-state index contributed by atoms with van der Waals surface area (Å²) in [6, 6.07) is 12.8. The molecule has 1 aromatic carbocycles. The number of nitrogens with zero attached hydrogens (tertiary/aromatic N) is 3. The molecule has 0 aliphatic carbocycles. The maximum atomic E-state index is 9.23. The van der Waals surface area contributed by atoms with E-state index >= 15 is 0 Å². The van der Waals surface area contributed by atoms with Gasteiger partial charge < -0.3 is 5.73 Å². The van der Waals surface area contributed by atoms with Gasteiger partial charge in [0.15, 0.2) is 0 Å². The summed E-state index contributed by atoms with van der Waals surface area (Å²) >= 11 is 3.23. The second-order valence-electron chi connectivity index (χ2n) is 3.81. The van der Waals surface area contributed by atoms with Crippen molar-refractivity contribution in [1.29, 1.82) is 10.5 Å². The van der Waals surface area contributed by atoms with Crippen LogP contribution in [0.15, 0.2) is 45.5 Å². The van der Waals surface area contributed by atoms with Crippen molar-refractivity contribution in [2.24, 2.45) is 16.6 Å². The Morgan fingerprint density at radius 3 is 2.44 bits per heavy atom. The second kappa shape index (κ2) is 5.14. The fourth-order valence-electron chi connectivity index (χ4n) is 1.82. The van der Waals surface area contributed by atoms with Crippen LogP contribution >= 0.6 is 15.9 Å². The van der Waals surface area contributed by atoms with Crippen LogP contribution in [0.25, 0.3) is 0 Å². The van der Waals surface area contributed by atoms with Crippen LogP contribution in [0.1, 0.15) is 5.56 Å². The fourth-order valence-corrected chi connectivity index (χ4v) is 2.37. The third-order valence-corrected chi connectivity index (χ3v) is 3.36. The standard InChI is InChI=1S/C13H9BrN4/c14-13-10(7-16)11(17)9(6-15)12(18-13)8-4-2-1-3-5-8/h1-5,9,11H,17H2/t9-,11-/m0/s1. The van der Waals surface area contributed by atoms with E-state index in [4.69, 9.17) is 11.0 Å². The number of aliphatic imine (C=N–C) groups is 1. The van der Waals surface area contributed by atoms with E-state index in [1.165, 1.54) is 0 Å². The van der Waals surface area contributed by atoms with Gasteiger partial charge in [0, 0.05) is 0 Å². The number of nitriles is 2. The first-order valence-corrected chi connectivity index (χ1v) is 6.07. The molecule has 18 heavy (non-hydrogen) atoms. The lowest BCUT2D eigenvalue weighted by Crippen LogP contribution is -2.39. The Morgan fingerprint density at radius 2 is 1.89 bits per heavy atom. The molecule has 0 unspecified atom stereocenters. The van der Waals surface area contributed by atoms with Gasteiger partial charge in [0.25, 0.3) is 0 Å². The Labute approximate surface area is 113 Å². The maximum absolute atomic E-state index is 9.23. The summed E-state index contributed by atoms with van der Waals surface area (Å²) in [7, 11) is 0. The highest BCUT2D eigenvalue weighted by Gasteiger charge is 2.32. The molecule has 2 atom stereocenters. The zero-order chi connectivity index (χ0) is 13.1. The number of rotatable bonds is 1. The van der Waals surface area contributed by atoms with Crippen LogP contribution in [-0.2, 0) is 0 Å². The van der Waals surface area contributed by atoms with E-state index in [1.807, 2.05) is 36.4 Å². The monoisotopic (exact) mass is 300 g/mol. The molecule has 0 saturated heterocycles. The third kappa shape index (κ3) is 2.06. The van der Waals surface area contributed by atoms with E-state index in [2.05, 4.69) is 27.0 Å². The van der Waals surface area contributed by atoms with Gasteiger partial charge in [0.05, 0.1) is 29.5 Å². The van der Waals surface area contributed by atoms with Gasteiger partial charge >= 0.3 is 0 Å². The largest absolute Gasteiger partial charge is 0.322 e. The fraction of sp³-hybridized carbons (Fsp3) is 0.154. The van der Waals surface area contributed by atoms with E-state index in [1.54, 1.807) is 0 Å². The molecule has 0 aromatic heterocycles. The van der Waals surface area contributed by atoms with Crippen molar-refractivity contribution in [3.8, 4) is 12.1 Å². The van der Waals surface area contributed by atoms with Crippen LogP contribution in [0.3, 0.4) is 0 Å². The molecule has 2 rings (SSSR count). The Balaban J connectivity index is 2.57. The van der Waals surface area contributed by atoms with Crippen molar-refractivity contribution < 1.29 is 0 Å². The van der Waals surface area contributed by atoms with Gasteiger partial charge in [-0.2, -0.15) is 10.5 Å². The molecule has 0 spiro atoms. The van der Waals surface area contributed by atoms with Crippen LogP contribution in [-0.4, -0.2) is 11.8 Å². The molecule has 1 aliphatic rings. The molecule has 5 heteroatoms. The molecule has 0 saturated carbocycles. The number of hydrogen-bond donors (Lipinski definition) is 1. The summed E-state index contributed by atoms with van der Waals surface area (Å²) in [4.78, 5) is 4.30. The highest BCUT2D eigenvalue weighted by Crippen LogP contribution is 2.28. The van der Waals surface area contributed by atoms with Crippen LogP contribution in [0.2, 0.25) is 0 Å². The molecule has 0 radical (unpaired) electrons. The summed E-state index contributed by atoms with van der Waals surface area (Å²) in [6.45, 7) is 0. The zero-order valence-electron chi connectivity index (χ0n) is 9.34. The molecule has 0 amide bonds. The van der Waals surface area contributed by atoms with E-state index in [0.29, 0.717) is 15.9 Å². The molecule has 1 aromatic rings. The number of hydrogen-bond acceptors (Lipinski definition) is 4. The van der Waals surface area contributed by atoms with Crippen molar-refractivity contribution in [3.05, 3.63) is 46.1 Å². The average molecular weight is 301 g/mol. The topological polar surface area (TPSA) is 86.0 Å². The van der Waals surface area contributed by atoms with E-state index < -0.39 is 12.0 Å². The first-order chi connectivity index (χ1) is 8.69. The van der Waals surface area contributed by atoms with E-state index in [-0.39, 0.29) is 0 Å². The second-order valence-corrected chi connectivity index (χ2v) is 4.56. The third-order valence-electron chi connectivity index (χ3n) is 2.76. The smallest absolute Gasteiger partial charge is 0.121 e. The first-order valence-electron chi connectivity index (χ1n) is 5.28. The van der Waals surface area contributed by atoms with Crippen LogP contribution < -0.4 is 5.73 Å². The number of halogens is 1. The Hall–Kier alpha value is -1.95. The SMILES string of the molecule is N#CC1=C(Br)N=C(c2ccccc2)[C@@H](C#N)[C@@H]1N. The van der Waals surface area contributed by atoms with Gasteiger partial charge in [-0.05, 0) is 21.5 Å². The Kier molecular flexibility index (Phi) is 3.57. The highest BCUT2D eigenvalue weighted by atomic mass is 79.9. The Bertz CT molecular complexity index is 604. The van der Waals surface area contributed by atoms with Crippen LogP contribution in [0.5, 0.6) is 0 Å². The summed E-state index contributed by atoms with van der Waals surface area (Å²) in [5, 5.41) is 18.2. The molecule has 4 nitrogen and oxygen atoms in total. The molecule has 1 aliphatic heterocycles. The molecule has 2 N–H and O–H groups in total. The van der Waals surface area contributed by atoms with Crippen molar-refractivity contribution in [2.45, 2.75) is 6.04 Å². The zero-order valence-corrected chi connectivity index (χ0v) is 10.9. The lowest BCUT2D eigenvalue weighted by Gasteiger charge is -2.23. The minimum Gasteiger partial charge on any atom is -0.322 e. The minimum atomic E-state index is -0.651. The minimum absolute atomic E-state index is 0.307. The van der Waals surface area contributed by atoms with Gasteiger partial charge in [0.1, 0.15) is 10.5 Å². The lowest BCUT2D eigenvalue weighted by molar-refractivity contribution is 0.700. The summed E-state index contributed by atoms with van der Waals surface area (Å²) in [5.41, 5.74) is 7.69. The lowest BCUT2D eigenvalue weighted by atomic mass is 9.86. The summed E-state index contributed by atoms with van der Waals surface area (Å²) < 4.78 is 0.405. The van der Waals surface area contributed by atoms with Crippen molar-refractivity contribution in [1.82, 2.24) is 0 Å². The summed E-state index contributed by atoms with van der Waals surface area (Å²) in [5.74, 6) is -0.608. The molecule has 0 bridgehead atoms. The van der Waals surface area contributed by atoms with Crippen LogP contribution in [0.4, 0.5) is 0 Å². The predicted octanol–water partition coefficient (Wildman–Crippen LogP) is 2.09. The molecular weight excluding hydrogens is 292 g/mol. The average Bonchev–Trinajstić information content (AvgIpc) is 2.39. The first kappa shape index (κ1) is 12.5. The van der Waals surface area contributed by atoms with Crippen molar-refractivity contribution in [3.63, 3.8) is 0 Å². The van der Waals surface area contributed by atoms with Gasteiger partial charge in [-0.25, -0.2) is 4.99 Å². The summed E-state index contributed by atoms with van der Waals surface area (Å²) in [6.07, 6.45) is 0. The molecule has 1 heterocycles. The van der Waals surface area contributed by atoms with Crippen molar-refractivity contribution >= 4 is 21.6 Å².